The molecule has 0 spiro atoms. The maximum atomic E-state index is 12.6. The van der Waals surface area contributed by atoms with Crippen molar-refractivity contribution in [1.82, 2.24) is 19.6 Å². The molecule has 1 aliphatic heterocycles. The van der Waals surface area contributed by atoms with Crippen molar-refractivity contribution in [2.45, 2.75) is 6.18 Å². The van der Waals surface area contributed by atoms with Crippen molar-refractivity contribution in [2.24, 2.45) is 0 Å². The van der Waals surface area contributed by atoms with E-state index in [0.717, 1.165) is 0 Å². The SMILES string of the molecule is O=C(c1ccccc1)N1CCN(C(=O)n2cc(C(F)(F)F)cn2)CC1. The molecule has 2 aromatic rings. The zero-order chi connectivity index (χ0) is 18.0. The van der Waals surface area contributed by atoms with Crippen LogP contribution in [0.15, 0.2) is 42.7 Å². The van der Waals surface area contributed by atoms with E-state index < -0.39 is 17.8 Å². The van der Waals surface area contributed by atoms with Crippen LogP contribution in [0.3, 0.4) is 0 Å². The van der Waals surface area contributed by atoms with Crippen molar-refractivity contribution in [3.8, 4) is 0 Å². The molecule has 132 valence electrons. The predicted molar refractivity (Wildman–Crippen MR) is 81.9 cm³/mol. The van der Waals surface area contributed by atoms with Gasteiger partial charge in [-0.25, -0.2) is 4.79 Å². The quantitative estimate of drug-likeness (QED) is 0.792. The molecule has 0 saturated carbocycles. The molecule has 25 heavy (non-hydrogen) atoms. The van der Waals surface area contributed by atoms with Crippen LogP contribution in [-0.4, -0.2) is 57.7 Å². The number of hydrogen-bond acceptors (Lipinski definition) is 3. The van der Waals surface area contributed by atoms with Gasteiger partial charge in [-0.3, -0.25) is 4.79 Å². The van der Waals surface area contributed by atoms with Gasteiger partial charge in [0.1, 0.15) is 0 Å². The molecule has 0 aliphatic carbocycles. The van der Waals surface area contributed by atoms with Gasteiger partial charge in [-0.05, 0) is 12.1 Å². The van der Waals surface area contributed by atoms with Crippen molar-refractivity contribution >= 4 is 11.9 Å². The molecular weight excluding hydrogens is 337 g/mol. The predicted octanol–water partition coefficient (Wildman–Crippen LogP) is 2.33. The summed E-state index contributed by atoms with van der Waals surface area (Å²) in [4.78, 5) is 27.6. The van der Waals surface area contributed by atoms with Crippen molar-refractivity contribution in [2.75, 3.05) is 26.2 Å². The lowest BCUT2D eigenvalue weighted by atomic mass is 10.2. The molecule has 0 atom stereocenters. The van der Waals surface area contributed by atoms with Crippen molar-refractivity contribution in [1.29, 1.82) is 0 Å². The van der Waals surface area contributed by atoms with E-state index in [1.165, 1.54) is 4.90 Å². The van der Waals surface area contributed by atoms with E-state index in [4.69, 9.17) is 0 Å². The molecule has 0 radical (unpaired) electrons. The molecule has 3 rings (SSSR count). The summed E-state index contributed by atoms with van der Waals surface area (Å²) in [7, 11) is 0. The fourth-order valence-corrected chi connectivity index (χ4v) is 2.58. The van der Waals surface area contributed by atoms with E-state index in [9.17, 15) is 22.8 Å². The zero-order valence-corrected chi connectivity index (χ0v) is 13.1. The molecule has 1 aromatic heterocycles. The van der Waals surface area contributed by atoms with E-state index in [1.54, 1.807) is 29.2 Å². The number of nitrogens with zero attached hydrogens (tertiary/aromatic N) is 4. The lowest BCUT2D eigenvalue weighted by Crippen LogP contribution is -2.51. The minimum Gasteiger partial charge on any atom is -0.335 e. The zero-order valence-electron chi connectivity index (χ0n) is 13.1. The lowest BCUT2D eigenvalue weighted by molar-refractivity contribution is -0.137. The molecule has 9 heteroatoms. The minimum absolute atomic E-state index is 0.133. The Bertz CT molecular complexity index is 765. The fraction of sp³-hybridized carbons (Fsp3) is 0.312. The molecule has 1 saturated heterocycles. The molecule has 2 amide bonds. The number of benzene rings is 1. The highest BCUT2D eigenvalue weighted by molar-refractivity contribution is 5.94. The van der Waals surface area contributed by atoms with Gasteiger partial charge in [0.05, 0.1) is 11.8 Å². The average Bonchev–Trinajstić information content (AvgIpc) is 3.12. The number of alkyl halides is 3. The first-order chi connectivity index (χ1) is 11.9. The summed E-state index contributed by atoms with van der Waals surface area (Å²) < 4.78 is 38.4. The van der Waals surface area contributed by atoms with E-state index >= 15 is 0 Å². The Kier molecular flexibility index (Phi) is 4.47. The summed E-state index contributed by atoms with van der Waals surface area (Å²) in [5.41, 5.74) is -0.414. The van der Waals surface area contributed by atoms with Crippen molar-refractivity contribution < 1.29 is 22.8 Å². The highest BCUT2D eigenvalue weighted by atomic mass is 19.4. The smallest absolute Gasteiger partial charge is 0.335 e. The number of carbonyl (C=O) groups is 2. The van der Waals surface area contributed by atoms with Gasteiger partial charge >= 0.3 is 12.2 Å². The third-order valence-corrected chi connectivity index (χ3v) is 3.96. The van der Waals surface area contributed by atoms with Gasteiger partial charge in [0, 0.05) is 37.9 Å². The third kappa shape index (κ3) is 3.65. The van der Waals surface area contributed by atoms with Crippen LogP contribution in [0, 0.1) is 0 Å². The summed E-state index contributed by atoms with van der Waals surface area (Å²) in [6.07, 6.45) is -3.25. The number of hydrogen-bond donors (Lipinski definition) is 0. The molecular formula is C16H15F3N4O2. The Morgan fingerprint density at radius 3 is 2.12 bits per heavy atom. The summed E-state index contributed by atoms with van der Waals surface area (Å²) in [5.74, 6) is -0.133. The van der Waals surface area contributed by atoms with Crippen LogP contribution in [0.5, 0.6) is 0 Å². The van der Waals surface area contributed by atoms with Gasteiger partial charge in [0.25, 0.3) is 5.91 Å². The molecule has 1 aromatic carbocycles. The second-order valence-electron chi connectivity index (χ2n) is 5.60. The van der Waals surface area contributed by atoms with Crippen LogP contribution in [0.1, 0.15) is 15.9 Å². The Labute approximate surface area is 141 Å². The van der Waals surface area contributed by atoms with Crippen LogP contribution in [0.4, 0.5) is 18.0 Å². The van der Waals surface area contributed by atoms with Crippen molar-refractivity contribution in [3.05, 3.63) is 53.9 Å². The molecule has 0 unspecified atom stereocenters. The summed E-state index contributed by atoms with van der Waals surface area (Å²) in [5, 5.41) is 3.48. The lowest BCUT2D eigenvalue weighted by Gasteiger charge is -2.34. The Morgan fingerprint density at radius 1 is 0.960 bits per heavy atom. The van der Waals surface area contributed by atoms with Gasteiger partial charge in [-0.2, -0.15) is 23.0 Å². The normalized spacial score (nSPS) is 15.3. The second kappa shape index (κ2) is 6.58. The monoisotopic (exact) mass is 352 g/mol. The van der Waals surface area contributed by atoms with Crippen LogP contribution in [0.25, 0.3) is 0 Å². The topological polar surface area (TPSA) is 58.4 Å². The van der Waals surface area contributed by atoms with E-state index in [2.05, 4.69) is 5.10 Å². The average molecular weight is 352 g/mol. The number of rotatable bonds is 1. The molecule has 2 heterocycles. The maximum Gasteiger partial charge on any atom is 0.419 e. The van der Waals surface area contributed by atoms with Crippen LogP contribution >= 0.6 is 0 Å². The van der Waals surface area contributed by atoms with E-state index in [1.807, 2.05) is 6.07 Å². The first kappa shape index (κ1) is 17.0. The van der Waals surface area contributed by atoms with Crippen LogP contribution in [0.2, 0.25) is 0 Å². The fourth-order valence-electron chi connectivity index (χ4n) is 2.58. The van der Waals surface area contributed by atoms with Crippen molar-refractivity contribution in [3.63, 3.8) is 0 Å². The number of aromatic nitrogens is 2. The second-order valence-corrected chi connectivity index (χ2v) is 5.60. The van der Waals surface area contributed by atoms with Gasteiger partial charge in [-0.15, -0.1) is 0 Å². The summed E-state index contributed by atoms with van der Waals surface area (Å²) in [6.45, 7) is 1.09. The number of piperazine rings is 1. The number of halogens is 3. The highest BCUT2D eigenvalue weighted by Gasteiger charge is 2.33. The first-order valence-electron chi connectivity index (χ1n) is 7.62. The third-order valence-electron chi connectivity index (χ3n) is 3.96. The highest BCUT2D eigenvalue weighted by Crippen LogP contribution is 2.28. The van der Waals surface area contributed by atoms with Gasteiger partial charge in [0.2, 0.25) is 0 Å². The molecule has 0 N–H and O–H groups in total. The summed E-state index contributed by atoms with van der Waals surface area (Å²) >= 11 is 0. The van der Waals surface area contributed by atoms with Gasteiger partial charge in [0.15, 0.2) is 0 Å². The van der Waals surface area contributed by atoms with Crippen LogP contribution in [-0.2, 0) is 6.18 Å². The van der Waals surface area contributed by atoms with E-state index in [-0.39, 0.29) is 19.0 Å². The Morgan fingerprint density at radius 2 is 1.56 bits per heavy atom. The van der Waals surface area contributed by atoms with Crippen LogP contribution < -0.4 is 0 Å². The Balaban J connectivity index is 1.61. The molecule has 1 aliphatic rings. The Hall–Kier alpha value is -2.84. The summed E-state index contributed by atoms with van der Waals surface area (Å²) in [6, 6.07) is 8.13. The first-order valence-corrected chi connectivity index (χ1v) is 7.62. The number of amides is 2. The maximum absolute atomic E-state index is 12.6. The van der Waals surface area contributed by atoms with E-state index in [0.29, 0.717) is 35.7 Å². The largest absolute Gasteiger partial charge is 0.419 e. The van der Waals surface area contributed by atoms with Gasteiger partial charge < -0.3 is 9.80 Å². The molecule has 1 fully saturated rings. The number of carbonyl (C=O) groups excluding carboxylic acids is 2. The molecule has 0 bridgehead atoms. The minimum atomic E-state index is -4.54. The standard InChI is InChI=1S/C16H15F3N4O2/c17-16(18,19)13-10-20-23(11-13)15(25)22-8-6-21(7-9-22)14(24)12-4-2-1-3-5-12/h1-5,10-11H,6-9H2. The molecule has 6 nitrogen and oxygen atoms in total. The van der Waals surface area contributed by atoms with Gasteiger partial charge in [-0.1, -0.05) is 18.2 Å².